The van der Waals surface area contributed by atoms with Crippen molar-refractivity contribution in [3.8, 4) is 5.75 Å². The molecule has 0 aromatic heterocycles. The molecular formula is C25H28FNO4S. The Morgan fingerprint density at radius 2 is 1.47 bits per heavy atom. The van der Waals surface area contributed by atoms with Gasteiger partial charge in [0.05, 0.1) is 17.1 Å². The number of anilines is 1. The molecular weight excluding hydrogens is 429 g/mol. The molecule has 0 aliphatic heterocycles. The second-order valence-electron chi connectivity index (χ2n) is 8.02. The highest BCUT2D eigenvalue weighted by Crippen LogP contribution is 2.27. The summed E-state index contributed by atoms with van der Waals surface area (Å²) in [5, 5.41) is 10.7. The van der Waals surface area contributed by atoms with Crippen molar-refractivity contribution in [2.45, 2.75) is 38.7 Å². The van der Waals surface area contributed by atoms with Gasteiger partial charge in [0.1, 0.15) is 24.3 Å². The highest BCUT2D eigenvalue weighted by atomic mass is 32.2. The highest BCUT2D eigenvalue weighted by Gasteiger charge is 2.27. The Kier molecular flexibility index (Phi) is 7.21. The third-order valence-corrected chi connectivity index (χ3v) is 6.93. The smallest absolute Gasteiger partial charge is 0.264 e. The molecule has 0 heterocycles. The SMILES string of the molecule is Cc1ccc(S(=O)(=O)N(CC(O)COc2c(C)cc(C)cc2C)c2ccc(F)cc2)cc1. The Bertz CT molecular complexity index is 1150. The summed E-state index contributed by atoms with van der Waals surface area (Å²) in [6, 6.07) is 15.6. The predicted octanol–water partition coefficient (Wildman–Crippen LogP) is 4.69. The van der Waals surface area contributed by atoms with E-state index >= 15 is 0 Å². The van der Waals surface area contributed by atoms with Crippen LogP contribution in [0.4, 0.5) is 10.1 Å². The van der Waals surface area contributed by atoms with Gasteiger partial charge in [0, 0.05) is 0 Å². The maximum Gasteiger partial charge on any atom is 0.264 e. The second-order valence-corrected chi connectivity index (χ2v) is 9.88. The average Bonchev–Trinajstić information content (AvgIpc) is 2.72. The van der Waals surface area contributed by atoms with Crippen molar-refractivity contribution in [3.05, 3.63) is 88.7 Å². The zero-order valence-electron chi connectivity index (χ0n) is 18.7. The molecule has 1 unspecified atom stereocenters. The summed E-state index contributed by atoms with van der Waals surface area (Å²) >= 11 is 0. The minimum Gasteiger partial charge on any atom is -0.490 e. The van der Waals surface area contributed by atoms with Gasteiger partial charge in [-0.25, -0.2) is 12.8 Å². The Morgan fingerprint density at radius 1 is 0.906 bits per heavy atom. The molecule has 1 atom stereocenters. The van der Waals surface area contributed by atoms with Crippen LogP contribution < -0.4 is 9.04 Å². The summed E-state index contributed by atoms with van der Waals surface area (Å²) in [6.07, 6.45) is -1.11. The maximum absolute atomic E-state index is 13.5. The molecule has 0 radical (unpaired) electrons. The fraction of sp³-hybridized carbons (Fsp3) is 0.280. The van der Waals surface area contributed by atoms with Gasteiger partial charge in [-0.15, -0.1) is 0 Å². The summed E-state index contributed by atoms with van der Waals surface area (Å²) in [6.45, 7) is 7.37. The number of aliphatic hydroxyl groups is 1. The molecule has 0 saturated carbocycles. The number of hydrogen-bond donors (Lipinski definition) is 1. The van der Waals surface area contributed by atoms with Crippen LogP contribution in [0.1, 0.15) is 22.3 Å². The van der Waals surface area contributed by atoms with Crippen molar-refractivity contribution in [2.75, 3.05) is 17.5 Å². The first kappa shape index (κ1) is 23.8. The van der Waals surface area contributed by atoms with Crippen molar-refractivity contribution in [1.29, 1.82) is 0 Å². The molecule has 3 aromatic rings. The average molecular weight is 458 g/mol. The normalized spacial score (nSPS) is 12.4. The van der Waals surface area contributed by atoms with Gasteiger partial charge in [0.25, 0.3) is 10.0 Å². The fourth-order valence-electron chi connectivity index (χ4n) is 3.61. The largest absolute Gasteiger partial charge is 0.490 e. The molecule has 0 aliphatic carbocycles. The Hall–Kier alpha value is -2.90. The van der Waals surface area contributed by atoms with E-state index in [0.717, 1.165) is 26.6 Å². The van der Waals surface area contributed by atoms with E-state index in [9.17, 15) is 17.9 Å². The van der Waals surface area contributed by atoms with Crippen molar-refractivity contribution in [2.24, 2.45) is 0 Å². The Morgan fingerprint density at radius 3 is 2.03 bits per heavy atom. The summed E-state index contributed by atoms with van der Waals surface area (Å²) in [5.74, 6) is 0.194. The van der Waals surface area contributed by atoms with Crippen LogP contribution in [0.3, 0.4) is 0 Å². The number of aliphatic hydroxyl groups excluding tert-OH is 1. The van der Waals surface area contributed by atoms with Crippen LogP contribution in [0, 0.1) is 33.5 Å². The van der Waals surface area contributed by atoms with Crippen molar-refractivity contribution < 1.29 is 22.7 Å². The van der Waals surface area contributed by atoms with Crippen LogP contribution in [0.15, 0.2) is 65.6 Å². The van der Waals surface area contributed by atoms with Crippen LogP contribution in [0.25, 0.3) is 0 Å². The standard InChI is InChI=1S/C25H28FNO4S/c1-17-5-11-24(12-6-17)32(29,30)27(22-9-7-21(26)8-10-22)15-23(28)16-31-25-19(3)13-18(2)14-20(25)4/h5-14,23,28H,15-16H2,1-4H3. The lowest BCUT2D eigenvalue weighted by molar-refractivity contribution is 0.114. The lowest BCUT2D eigenvalue weighted by Crippen LogP contribution is -2.40. The fourth-order valence-corrected chi connectivity index (χ4v) is 5.11. The van der Waals surface area contributed by atoms with E-state index in [1.807, 2.05) is 39.8 Å². The number of ether oxygens (including phenoxy) is 1. The molecule has 3 aromatic carbocycles. The molecule has 7 heteroatoms. The van der Waals surface area contributed by atoms with Gasteiger partial charge in [0.15, 0.2) is 0 Å². The summed E-state index contributed by atoms with van der Waals surface area (Å²) in [5.41, 5.74) is 4.18. The van der Waals surface area contributed by atoms with Crippen LogP contribution in [-0.4, -0.2) is 32.8 Å². The van der Waals surface area contributed by atoms with Gasteiger partial charge in [-0.1, -0.05) is 35.4 Å². The molecule has 0 saturated heterocycles. The first-order chi connectivity index (χ1) is 15.1. The van der Waals surface area contributed by atoms with Gasteiger partial charge in [0.2, 0.25) is 0 Å². The van der Waals surface area contributed by atoms with E-state index in [0.29, 0.717) is 5.75 Å². The topological polar surface area (TPSA) is 66.8 Å². The number of benzene rings is 3. The second kappa shape index (κ2) is 9.71. The Balaban J connectivity index is 1.86. The number of aryl methyl sites for hydroxylation is 4. The molecule has 0 bridgehead atoms. The van der Waals surface area contributed by atoms with E-state index in [4.69, 9.17) is 4.74 Å². The van der Waals surface area contributed by atoms with Gasteiger partial charge in [-0.05, 0) is 75.2 Å². The predicted molar refractivity (Wildman–Crippen MR) is 124 cm³/mol. The third-order valence-electron chi connectivity index (χ3n) is 5.12. The van der Waals surface area contributed by atoms with E-state index in [2.05, 4.69) is 0 Å². The van der Waals surface area contributed by atoms with Crippen LogP contribution in [0.2, 0.25) is 0 Å². The molecule has 170 valence electrons. The number of nitrogens with zero attached hydrogens (tertiary/aromatic N) is 1. The lowest BCUT2D eigenvalue weighted by atomic mass is 10.1. The number of sulfonamides is 1. The van der Waals surface area contributed by atoms with Crippen molar-refractivity contribution in [3.63, 3.8) is 0 Å². The van der Waals surface area contributed by atoms with Gasteiger partial charge in [-0.3, -0.25) is 4.31 Å². The summed E-state index contributed by atoms with van der Waals surface area (Å²) < 4.78 is 47.1. The molecule has 5 nitrogen and oxygen atoms in total. The lowest BCUT2D eigenvalue weighted by Gasteiger charge is -2.27. The minimum atomic E-state index is -3.99. The van der Waals surface area contributed by atoms with Gasteiger partial charge in [-0.2, -0.15) is 0 Å². The molecule has 32 heavy (non-hydrogen) atoms. The third kappa shape index (κ3) is 5.47. The molecule has 1 N–H and O–H groups in total. The maximum atomic E-state index is 13.5. The molecule has 0 spiro atoms. The quantitative estimate of drug-likeness (QED) is 0.533. The van der Waals surface area contributed by atoms with E-state index in [1.165, 1.54) is 36.4 Å². The Labute approximate surface area is 189 Å². The summed E-state index contributed by atoms with van der Waals surface area (Å²) in [4.78, 5) is 0.0887. The first-order valence-corrected chi connectivity index (χ1v) is 11.8. The molecule has 3 rings (SSSR count). The van der Waals surface area contributed by atoms with E-state index < -0.39 is 21.9 Å². The molecule has 0 aliphatic rings. The molecule has 0 fully saturated rings. The molecule has 0 amide bonds. The van der Waals surface area contributed by atoms with Crippen LogP contribution in [-0.2, 0) is 10.0 Å². The zero-order valence-corrected chi connectivity index (χ0v) is 19.5. The number of hydrogen-bond acceptors (Lipinski definition) is 4. The first-order valence-electron chi connectivity index (χ1n) is 10.3. The number of halogens is 1. The highest BCUT2D eigenvalue weighted by molar-refractivity contribution is 7.92. The van der Waals surface area contributed by atoms with E-state index in [-0.39, 0.29) is 23.7 Å². The van der Waals surface area contributed by atoms with Crippen molar-refractivity contribution in [1.82, 2.24) is 0 Å². The van der Waals surface area contributed by atoms with E-state index in [1.54, 1.807) is 12.1 Å². The minimum absolute atomic E-state index is 0.0887. The van der Waals surface area contributed by atoms with Crippen LogP contribution in [0.5, 0.6) is 5.75 Å². The number of rotatable bonds is 8. The monoisotopic (exact) mass is 457 g/mol. The van der Waals surface area contributed by atoms with Crippen LogP contribution >= 0.6 is 0 Å². The van der Waals surface area contributed by atoms with Gasteiger partial charge >= 0.3 is 0 Å². The van der Waals surface area contributed by atoms with Crippen molar-refractivity contribution >= 4 is 15.7 Å². The zero-order chi connectivity index (χ0) is 23.5. The summed E-state index contributed by atoms with van der Waals surface area (Å²) in [7, 11) is -3.99. The van der Waals surface area contributed by atoms with Gasteiger partial charge < -0.3 is 9.84 Å².